The number of carbonyl (C=O) groups is 1. The molecule has 10 heteroatoms. The van der Waals surface area contributed by atoms with Crippen molar-refractivity contribution in [1.29, 1.82) is 0 Å². The summed E-state index contributed by atoms with van der Waals surface area (Å²) in [5.41, 5.74) is 2.17. The summed E-state index contributed by atoms with van der Waals surface area (Å²) in [6, 6.07) is 3.74. The molecule has 3 fully saturated rings. The third-order valence-corrected chi connectivity index (χ3v) is 5.72. The minimum atomic E-state index is -0.217. The summed E-state index contributed by atoms with van der Waals surface area (Å²) in [5, 5.41) is 18.4. The standard InChI is InChI=1S/C19H25N7O3/c27-19(15-3-4-21-22-15)20-10-16-17(25-5-7-28-8-6-25)9-18(24-23-16)26-11-13-1-2-14(12-26)29-13/h3-4,9,13-14H,1-2,5-8,10-12H2,(H,20,27)(H,21,22). The Labute approximate surface area is 168 Å². The van der Waals surface area contributed by atoms with Gasteiger partial charge < -0.3 is 24.6 Å². The molecule has 2 N–H and O–H groups in total. The highest BCUT2D eigenvalue weighted by atomic mass is 16.5. The molecule has 2 unspecified atom stereocenters. The van der Waals surface area contributed by atoms with E-state index in [0.29, 0.717) is 25.5 Å². The maximum absolute atomic E-state index is 12.3. The Morgan fingerprint density at radius 1 is 1.17 bits per heavy atom. The van der Waals surface area contributed by atoms with E-state index in [2.05, 4.69) is 41.6 Å². The van der Waals surface area contributed by atoms with Crippen molar-refractivity contribution in [2.24, 2.45) is 0 Å². The average molecular weight is 399 g/mol. The summed E-state index contributed by atoms with van der Waals surface area (Å²) < 4.78 is 11.5. The molecule has 5 heterocycles. The number of anilines is 2. The van der Waals surface area contributed by atoms with E-state index in [0.717, 1.165) is 56.2 Å². The highest BCUT2D eigenvalue weighted by Crippen LogP contribution is 2.31. The number of H-pyrrole nitrogens is 1. The van der Waals surface area contributed by atoms with Crippen LogP contribution < -0.4 is 15.1 Å². The number of nitrogens with zero attached hydrogens (tertiary/aromatic N) is 5. The molecule has 0 spiro atoms. The number of rotatable bonds is 5. The largest absolute Gasteiger partial charge is 0.378 e. The van der Waals surface area contributed by atoms with Crippen LogP contribution in [0.1, 0.15) is 29.0 Å². The topological polar surface area (TPSA) is 108 Å². The van der Waals surface area contributed by atoms with E-state index in [4.69, 9.17) is 9.47 Å². The number of nitrogens with one attached hydrogen (secondary N) is 2. The van der Waals surface area contributed by atoms with Crippen LogP contribution in [0.3, 0.4) is 0 Å². The molecule has 2 bridgehead atoms. The van der Waals surface area contributed by atoms with Crippen LogP contribution in [0.15, 0.2) is 18.3 Å². The number of morpholine rings is 2. The normalized spacial score (nSPS) is 24.0. The molecule has 0 aliphatic carbocycles. The lowest BCUT2D eigenvalue weighted by Gasteiger charge is -2.34. The van der Waals surface area contributed by atoms with Gasteiger partial charge in [-0.15, -0.1) is 10.2 Å². The minimum absolute atomic E-state index is 0.217. The molecule has 0 radical (unpaired) electrons. The smallest absolute Gasteiger partial charge is 0.269 e. The van der Waals surface area contributed by atoms with E-state index in [1.54, 1.807) is 12.3 Å². The van der Waals surface area contributed by atoms with Gasteiger partial charge in [0.05, 0.1) is 37.7 Å². The van der Waals surface area contributed by atoms with E-state index in [9.17, 15) is 4.79 Å². The van der Waals surface area contributed by atoms with Gasteiger partial charge in [0.1, 0.15) is 11.4 Å². The van der Waals surface area contributed by atoms with Crippen molar-refractivity contribution in [3.8, 4) is 0 Å². The summed E-state index contributed by atoms with van der Waals surface area (Å²) in [7, 11) is 0. The van der Waals surface area contributed by atoms with Crippen molar-refractivity contribution in [3.63, 3.8) is 0 Å². The van der Waals surface area contributed by atoms with Gasteiger partial charge in [0.2, 0.25) is 0 Å². The van der Waals surface area contributed by atoms with Crippen LogP contribution in [0.5, 0.6) is 0 Å². The number of hydrogen-bond acceptors (Lipinski definition) is 8. The van der Waals surface area contributed by atoms with Gasteiger partial charge in [0.25, 0.3) is 5.91 Å². The SMILES string of the molecule is O=C(NCc1nnc(N2CC3CCC(C2)O3)cc1N1CCOCC1)c1ccn[nH]1. The summed E-state index contributed by atoms with van der Waals surface area (Å²) in [6.07, 6.45) is 4.36. The van der Waals surface area contributed by atoms with Crippen molar-refractivity contribution < 1.29 is 14.3 Å². The lowest BCUT2D eigenvalue weighted by molar-refractivity contribution is 0.0301. The fourth-order valence-electron chi connectivity index (χ4n) is 4.20. The number of amides is 1. The summed E-state index contributed by atoms with van der Waals surface area (Å²) >= 11 is 0. The van der Waals surface area contributed by atoms with Gasteiger partial charge in [-0.25, -0.2) is 0 Å². The predicted molar refractivity (Wildman–Crippen MR) is 105 cm³/mol. The summed E-state index contributed by atoms with van der Waals surface area (Å²) in [6.45, 7) is 4.94. The van der Waals surface area contributed by atoms with Crippen molar-refractivity contribution in [2.75, 3.05) is 49.2 Å². The average Bonchev–Trinajstić information content (AvgIpc) is 3.42. The molecule has 5 rings (SSSR count). The fourth-order valence-corrected chi connectivity index (χ4v) is 4.20. The molecular formula is C19H25N7O3. The van der Waals surface area contributed by atoms with Crippen molar-refractivity contribution in [3.05, 3.63) is 29.7 Å². The van der Waals surface area contributed by atoms with Crippen LogP contribution in [-0.4, -0.2) is 77.9 Å². The van der Waals surface area contributed by atoms with Gasteiger partial charge in [0, 0.05) is 38.4 Å². The maximum atomic E-state index is 12.3. The molecule has 29 heavy (non-hydrogen) atoms. The number of hydrogen-bond donors (Lipinski definition) is 2. The molecule has 10 nitrogen and oxygen atoms in total. The van der Waals surface area contributed by atoms with Gasteiger partial charge in [-0.3, -0.25) is 9.89 Å². The maximum Gasteiger partial charge on any atom is 0.269 e. The van der Waals surface area contributed by atoms with Crippen LogP contribution >= 0.6 is 0 Å². The monoisotopic (exact) mass is 399 g/mol. The van der Waals surface area contributed by atoms with Crippen LogP contribution in [0.4, 0.5) is 11.5 Å². The lowest BCUT2D eigenvalue weighted by Crippen LogP contribution is -2.43. The zero-order valence-corrected chi connectivity index (χ0v) is 16.2. The first-order valence-electron chi connectivity index (χ1n) is 10.1. The Balaban J connectivity index is 1.37. The number of aromatic amines is 1. The van der Waals surface area contributed by atoms with Crippen LogP contribution in [0.2, 0.25) is 0 Å². The Kier molecular flexibility index (Phi) is 5.03. The predicted octanol–water partition coefficient (Wildman–Crippen LogP) is 0.334. The van der Waals surface area contributed by atoms with Gasteiger partial charge in [-0.05, 0) is 18.9 Å². The highest BCUT2D eigenvalue weighted by molar-refractivity contribution is 5.92. The first-order valence-corrected chi connectivity index (χ1v) is 10.1. The Bertz CT molecular complexity index is 841. The second-order valence-electron chi connectivity index (χ2n) is 7.65. The molecule has 3 saturated heterocycles. The van der Waals surface area contributed by atoms with E-state index in [-0.39, 0.29) is 18.1 Å². The third-order valence-electron chi connectivity index (χ3n) is 5.72. The number of aromatic nitrogens is 4. The Morgan fingerprint density at radius 2 is 1.97 bits per heavy atom. The molecule has 2 aromatic rings. The zero-order valence-electron chi connectivity index (χ0n) is 16.2. The number of carbonyl (C=O) groups excluding carboxylic acids is 1. The minimum Gasteiger partial charge on any atom is -0.378 e. The molecule has 1 amide bonds. The second-order valence-corrected chi connectivity index (χ2v) is 7.65. The lowest BCUT2D eigenvalue weighted by atomic mass is 10.2. The Morgan fingerprint density at radius 3 is 2.69 bits per heavy atom. The van der Waals surface area contributed by atoms with Gasteiger partial charge in [0.15, 0.2) is 5.82 Å². The number of fused-ring (bicyclic) bond motifs is 2. The van der Waals surface area contributed by atoms with Crippen LogP contribution in [0.25, 0.3) is 0 Å². The van der Waals surface area contributed by atoms with Crippen molar-refractivity contribution in [1.82, 2.24) is 25.7 Å². The van der Waals surface area contributed by atoms with E-state index in [1.807, 2.05) is 0 Å². The summed E-state index contributed by atoms with van der Waals surface area (Å²) in [5.74, 6) is 0.654. The molecule has 0 aromatic carbocycles. The zero-order chi connectivity index (χ0) is 19.6. The second kappa shape index (κ2) is 7.96. The van der Waals surface area contributed by atoms with E-state index < -0.39 is 0 Å². The molecular weight excluding hydrogens is 374 g/mol. The fraction of sp³-hybridized carbons (Fsp3) is 0.579. The molecule has 2 aromatic heterocycles. The first-order chi connectivity index (χ1) is 14.3. The van der Waals surface area contributed by atoms with Gasteiger partial charge in [-0.1, -0.05) is 0 Å². The van der Waals surface area contributed by atoms with Crippen LogP contribution in [-0.2, 0) is 16.0 Å². The van der Waals surface area contributed by atoms with Gasteiger partial charge >= 0.3 is 0 Å². The van der Waals surface area contributed by atoms with E-state index >= 15 is 0 Å². The molecule has 3 aliphatic heterocycles. The highest BCUT2D eigenvalue weighted by Gasteiger charge is 2.34. The molecule has 3 aliphatic rings. The summed E-state index contributed by atoms with van der Waals surface area (Å²) in [4.78, 5) is 16.8. The molecule has 0 saturated carbocycles. The molecule has 2 atom stereocenters. The van der Waals surface area contributed by atoms with E-state index in [1.165, 1.54) is 0 Å². The van der Waals surface area contributed by atoms with Crippen LogP contribution in [0, 0.1) is 0 Å². The first kappa shape index (κ1) is 18.3. The quantitative estimate of drug-likeness (QED) is 0.741. The number of ether oxygens (including phenoxy) is 2. The van der Waals surface area contributed by atoms with Crippen molar-refractivity contribution in [2.45, 2.75) is 31.6 Å². The third kappa shape index (κ3) is 3.90. The Hall–Kier alpha value is -2.72. The molecule has 154 valence electrons. The van der Waals surface area contributed by atoms with Gasteiger partial charge in [-0.2, -0.15) is 5.10 Å². The van der Waals surface area contributed by atoms with Crippen molar-refractivity contribution >= 4 is 17.4 Å².